The molecule has 0 aliphatic heterocycles. The third kappa shape index (κ3) is 3.17. The monoisotopic (exact) mass is 272 g/mol. The van der Waals surface area contributed by atoms with E-state index in [9.17, 15) is 13.2 Å². The Bertz CT molecular complexity index is 525. The summed E-state index contributed by atoms with van der Waals surface area (Å²) in [6.45, 7) is -0.223. The van der Waals surface area contributed by atoms with Gasteiger partial charge in [0.05, 0.1) is 6.54 Å². The van der Waals surface area contributed by atoms with Gasteiger partial charge in [-0.05, 0) is 12.1 Å². The SMILES string of the molecule is CN(C)C(=O)CN(C)S(=O)(=O)c1ccc(N)nc1. The highest BCUT2D eigenvalue weighted by Crippen LogP contribution is 2.13. The van der Waals surface area contributed by atoms with Gasteiger partial charge in [-0.15, -0.1) is 0 Å². The van der Waals surface area contributed by atoms with Crippen LogP contribution in [0.2, 0.25) is 0 Å². The predicted octanol–water partition coefficient (Wildman–Crippen LogP) is -0.627. The first kappa shape index (κ1) is 14.4. The number of hydrogen-bond donors (Lipinski definition) is 1. The molecule has 0 bridgehead atoms. The van der Waals surface area contributed by atoms with E-state index < -0.39 is 10.0 Å². The van der Waals surface area contributed by atoms with Crippen LogP contribution in [0.1, 0.15) is 0 Å². The van der Waals surface area contributed by atoms with Gasteiger partial charge in [0.15, 0.2) is 0 Å². The number of carbonyl (C=O) groups is 1. The molecule has 2 N–H and O–H groups in total. The number of likely N-dealkylation sites (N-methyl/N-ethyl adjacent to an activating group) is 2. The summed E-state index contributed by atoms with van der Waals surface area (Å²) < 4.78 is 25.1. The zero-order valence-corrected chi connectivity index (χ0v) is 11.3. The van der Waals surface area contributed by atoms with Gasteiger partial charge in [0.1, 0.15) is 10.7 Å². The highest BCUT2D eigenvalue weighted by Gasteiger charge is 2.23. The van der Waals surface area contributed by atoms with E-state index in [0.717, 1.165) is 4.31 Å². The molecule has 0 fully saturated rings. The van der Waals surface area contributed by atoms with Gasteiger partial charge in [0, 0.05) is 27.3 Å². The van der Waals surface area contributed by atoms with Crippen LogP contribution in [0.4, 0.5) is 5.82 Å². The molecule has 1 aromatic rings. The average Bonchev–Trinajstić information content (AvgIpc) is 2.29. The van der Waals surface area contributed by atoms with E-state index >= 15 is 0 Å². The van der Waals surface area contributed by atoms with Crippen molar-refractivity contribution in [3.8, 4) is 0 Å². The van der Waals surface area contributed by atoms with Crippen molar-refractivity contribution in [2.75, 3.05) is 33.4 Å². The molecule has 0 aliphatic carbocycles. The van der Waals surface area contributed by atoms with Gasteiger partial charge in [0.25, 0.3) is 0 Å². The molecule has 0 radical (unpaired) electrons. The van der Waals surface area contributed by atoms with Gasteiger partial charge in [-0.25, -0.2) is 13.4 Å². The van der Waals surface area contributed by atoms with Gasteiger partial charge < -0.3 is 10.6 Å². The second-order valence-corrected chi connectivity index (χ2v) is 6.01. The Morgan fingerprint density at radius 3 is 2.39 bits per heavy atom. The molecule has 0 saturated carbocycles. The van der Waals surface area contributed by atoms with Crippen LogP contribution < -0.4 is 5.73 Å². The highest BCUT2D eigenvalue weighted by molar-refractivity contribution is 7.89. The smallest absolute Gasteiger partial charge is 0.244 e. The number of carbonyl (C=O) groups excluding carboxylic acids is 1. The second-order valence-electron chi connectivity index (χ2n) is 3.97. The van der Waals surface area contributed by atoms with Crippen LogP contribution in [0.15, 0.2) is 23.2 Å². The van der Waals surface area contributed by atoms with Crippen molar-refractivity contribution in [3.05, 3.63) is 18.3 Å². The van der Waals surface area contributed by atoms with Gasteiger partial charge in [0.2, 0.25) is 15.9 Å². The fourth-order valence-corrected chi connectivity index (χ4v) is 2.21. The summed E-state index contributed by atoms with van der Waals surface area (Å²) in [4.78, 5) is 16.5. The molecular weight excluding hydrogens is 256 g/mol. The molecule has 7 nitrogen and oxygen atoms in total. The third-order valence-corrected chi connectivity index (χ3v) is 4.11. The van der Waals surface area contributed by atoms with E-state index in [1.54, 1.807) is 14.1 Å². The van der Waals surface area contributed by atoms with Crippen LogP contribution in [-0.2, 0) is 14.8 Å². The first-order valence-electron chi connectivity index (χ1n) is 5.13. The lowest BCUT2D eigenvalue weighted by Crippen LogP contribution is -2.37. The van der Waals surface area contributed by atoms with Gasteiger partial charge in [-0.3, -0.25) is 4.79 Å². The highest BCUT2D eigenvalue weighted by atomic mass is 32.2. The molecule has 1 heterocycles. The van der Waals surface area contributed by atoms with Crippen molar-refractivity contribution >= 4 is 21.7 Å². The number of sulfonamides is 1. The predicted molar refractivity (Wildman–Crippen MR) is 67.2 cm³/mol. The van der Waals surface area contributed by atoms with Gasteiger partial charge in [-0.2, -0.15) is 4.31 Å². The van der Waals surface area contributed by atoms with Crippen molar-refractivity contribution in [3.63, 3.8) is 0 Å². The number of nitrogens with two attached hydrogens (primary N) is 1. The number of nitrogens with zero attached hydrogens (tertiary/aromatic N) is 3. The summed E-state index contributed by atoms with van der Waals surface area (Å²) in [7, 11) is 0.750. The molecule has 0 aromatic carbocycles. The van der Waals surface area contributed by atoms with Crippen LogP contribution >= 0.6 is 0 Å². The van der Waals surface area contributed by atoms with E-state index in [4.69, 9.17) is 5.73 Å². The quantitative estimate of drug-likeness (QED) is 0.787. The molecule has 18 heavy (non-hydrogen) atoms. The van der Waals surface area contributed by atoms with Crippen molar-refractivity contribution in [2.45, 2.75) is 4.90 Å². The normalized spacial score (nSPS) is 11.6. The topological polar surface area (TPSA) is 96.6 Å². The maximum absolute atomic E-state index is 12.1. The summed E-state index contributed by atoms with van der Waals surface area (Å²) in [5, 5.41) is 0. The van der Waals surface area contributed by atoms with E-state index in [1.165, 1.54) is 30.3 Å². The first-order valence-corrected chi connectivity index (χ1v) is 6.57. The molecule has 8 heteroatoms. The first-order chi connectivity index (χ1) is 8.25. The summed E-state index contributed by atoms with van der Waals surface area (Å²) >= 11 is 0. The van der Waals surface area contributed by atoms with E-state index in [0.29, 0.717) is 0 Å². The lowest BCUT2D eigenvalue weighted by atomic mass is 10.5. The number of amides is 1. The summed E-state index contributed by atoms with van der Waals surface area (Å²) in [5.41, 5.74) is 5.39. The van der Waals surface area contributed by atoms with Crippen molar-refractivity contribution in [2.24, 2.45) is 0 Å². The molecule has 0 unspecified atom stereocenters. The lowest BCUT2D eigenvalue weighted by molar-refractivity contribution is -0.128. The van der Waals surface area contributed by atoms with Crippen LogP contribution in [0, 0.1) is 0 Å². The maximum Gasteiger partial charge on any atom is 0.244 e. The third-order valence-electron chi connectivity index (χ3n) is 2.32. The van der Waals surface area contributed by atoms with Crippen LogP contribution in [0.25, 0.3) is 0 Å². The summed E-state index contributed by atoms with van der Waals surface area (Å²) in [6.07, 6.45) is 1.17. The molecule has 1 rings (SSSR count). The lowest BCUT2D eigenvalue weighted by Gasteiger charge is -2.18. The zero-order chi connectivity index (χ0) is 13.9. The minimum absolute atomic E-state index is 0.00533. The number of nitrogen functional groups attached to an aromatic ring is 1. The number of pyridine rings is 1. The van der Waals surface area contributed by atoms with Gasteiger partial charge in [-0.1, -0.05) is 0 Å². The number of rotatable bonds is 4. The van der Waals surface area contributed by atoms with E-state index in [-0.39, 0.29) is 23.2 Å². The molecule has 0 spiro atoms. The Hall–Kier alpha value is -1.67. The number of aromatic nitrogens is 1. The average molecular weight is 272 g/mol. The second kappa shape index (κ2) is 5.32. The molecule has 0 aliphatic rings. The van der Waals surface area contributed by atoms with Crippen LogP contribution in [0.5, 0.6) is 0 Å². The standard InChI is InChI=1S/C10H16N4O3S/c1-13(2)10(15)7-14(3)18(16,17)8-4-5-9(11)12-6-8/h4-6H,7H2,1-3H3,(H2,11,12). The summed E-state index contributed by atoms with van der Waals surface area (Å²) in [6, 6.07) is 2.75. The minimum Gasteiger partial charge on any atom is -0.384 e. The molecule has 0 saturated heterocycles. The number of anilines is 1. The fraction of sp³-hybridized carbons (Fsp3) is 0.400. The molecule has 1 aromatic heterocycles. The maximum atomic E-state index is 12.1. The Kier molecular flexibility index (Phi) is 4.25. The van der Waals surface area contributed by atoms with Crippen molar-refractivity contribution < 1.29 is 13.2 Å². The fourth-order valence-electron chi connectivity index (χ4n) is 1.14. The molecule has 100 valence electrons. The minimum atomic E-state index is -3.72. The molecular formula is C10H16N4O3S. The van der Waals surface area contributed by atoms with Crippen molar-refractivity contribution in [1.82, 2.24) is 14.2 Å². The van der Waals surface area contributed by atoms with Crippen molar-refractivity contribution in [1.29, 1.82) is 0 Å². The van der Waals surface area contributed by atoms with E-state index in [2.05, 4.69) is 4.98 Å². The molecule has 1 amide bonds. The summed E-state index contributed by atoms with van der Waals surface area (Å²) in [5.74, 6) is -0.0644. The Labute approximate surface area is 106 Å². The largest absolute Gasteiger partial charge is 0.384 e. The van der Waals surface area contributed by atoms with Crippen LogP contribution in [0.3, 0.4) is 0 Å². The Morgan fingerprint density at radius 2 is 1.94 bits per heavy atom. The molecule has 0 atom stereocenters. The Morgan fingerprint density at radius 1 is 1.33 bits per heavy atom. The van der Waals surface area contributed by atoms with Crippen LogP contribution in [-0.4, -0.2) is 56.2 Å². The Balaban J connectivity index is 2.93. The van der Waals surface area contributed by atoms with Gasteiger partial charge >= 0.3 is 0 Å². The number of hydrogen-bond acceptors (Lipinski definition) is 5. The van der Waals surface area contributed by atoms with E-state index in [1.807, 2.05) is 0 Å². The zero-order valence-electron chi connectivity index (χ0n) is 10.5.